The lowest BCUT2D eigenvalue weighted by Crippen LogP contribution is -2.45. The zero-order chi connectivity index (χ0) is 13.1. The van der Waals surface area contributed by atoms with E-state index >= 15 is 0 Å². The molecule has 1 aromatic heterocycles. The average Bonchev–Trinajstić information content (AvgIpc) is 2.18. The molecule has 94 valence electrons. The highest BCUT2D eigenvalue weighted by Gasteiger charge is 2.29. The summed E-state index contributed by atoms with van der Waals surface area (Å²) in [7, 11) is 0. The van der Waals surface area contributed by atoms with Crippen LogP contribution in [0.2, 0.25) is 0 Å². The second-order valence-electron chi connectivity index (χ2n) is 4.77. The summed E-state index contributed by atoms with van der Waals surface area (Å²) in [5.41, 5.74) is 0.750. The number of carboxylic acid groups (broad SMARTS) is 1. The van der Waals surface area contributed by atoms with E-state index in [0.29, 0.717) is 12.1 Å². The molecule has 0 saturated carbocycles. The van der Waals surface area contributed by atoms with Gasteiger partial charge < -0.3 is 10.2 Å². The van der Waals surface area contributed by atoms with Crippen molar-refractivity contribution in [2.75, 3.05) is 11.5 Å². The van der Waals surface area contributed by atoms with Crippen LogP contribution in [0.1, 0.15) is 26.3 Å². The second-order valence-corrected chi connectivity index (χ2v) is 4.77. The van der Waals surface area contributed by atoms with Crippen molar-refractivity contribution in [1.82, 2.24) is 4.98 Å². The van der Waals surface area contributed by atoms with Gasteiger partial charge in [-0.3, -0.25) is 9.88 Å². The first-order valence-corrected chi connectivity index (χ1v) is 5.45. The molecule has 0 radical (unpaired) electrons. The molecular weight excluding hydrogens is 220 g/mol. The maximum atomic E-state index is 11.3. The van der Waals surface area contributed by atoms with E-state index in [9.17, 15) is 9.90 Å². The summed E-state index contributed by atoms with van der Waals surface area (Å²) in [5.74, 6) is 0. The van der Waals surface area contributed by atoms with Gasteiger partial charge in [-0.2, -0.15) is 0 Å². The summed E-state index contributed by atoms with van der Waals surface area (Å²) in [4.78, 5) is 16.6. The number of aromatic nitrogens is 1. The lowest BCUT2D eigenvalue weighted by molar-refractivity contribution is 0.195. The number of carbonyl (C=O) groups is 1. The molecule has 0 aliphatic rings. The van der Waals surface area contributed by atoms with Gasteiger partial charge in [0.2, 0.25) is 0 Å². The molecule has 2 N–H and O–H groups in total. The Kier molecular flexibility index (Phi) is 4.07. The first kappa shape index (κ1) is 13.4. The van der Waals surface area contributed by atoms with Crippen LogP contribution in [0, 0.1) is 0 Å². The Morgan fingerprint density at radius 3 is 2.59 bits per heavy atom. The van der Waals surface area contributed by atoms with E-state index < -0.39 is 11.6 Å². The van der Waals surface area contributed by atoms with Crippen molar-refractivity contribution < 1.29 is 15.0 Å². The minimum atomic E-state index is -1.02. The van der Waals surface area contributed by atoms with Crippen molar-refractivity contribution in [1.29, 1.82) is 0 Å². The summed E-state index contributed by atoms with van der Waals surface area (Å²) < 4.78 is 0. The summed E-state index contributed by atoms with van der Waals surface area (Å²) in [6.45, 7) is 5.43. The molecule has 1 aromatic rings. The van der Waals surface area contributed by atoms with Gasteiger partial charge in [0.05, 0.1) is 11.9 Å². The average molecular weight is 238 g/mol. The van der Waals surface area contributed by atoms with Crippen molar-refractivity contribution in [2.45, 2.75) is 32.7 Å². The molecule has 0 unspecified atom stereocenters. The van der Waals surface area contributed by atoms with Crippen molar-refractivity contribution in [3.05, 3.63) is 24.0 Å². The number of aliphatic hydroxyl groups is 1. The Balaban J connectivity index is 3.23. The van der Waals surface area contributed by atoms with Gasteiger partial charge in [0.15, 0.2) is 0 Å². The highest BCUT2D eigenvalue weighted by atomic mass is 16.4. The third kappa shape index (κ3) is 3.17. The largest absolute Gasteiger partial charge is 0.465 e. The lowest BCUT2D eigenvalue weighted by Gasteiger charge is -2.34. The number of hydrogen-bond acceptors (Lipinski definition) is 3. The molecule has 0 aliphatic heterocycles. The molecule has 5 heteroatoms. The summed E-state index contributed by atoms with van der Waals surface area (Å²) in [5, 5.41) is 18.3. The maximum absolute atomic E-state index is 11.3. The molecule has 17 heavy (non-hydrogen) atoms. The molecule has 0 aliphatic carbocycles. The van der Waals surface area contributed by atoms with E-state index in [0.717, 1.165) is 5.56 Å². The second kappa shape index (κ2) is 5.14. The molecule has 1 rings (SSSR count). The fourth-order valence-electron chi connectivity index (χ4n) is 1.70. The Hall–Kier alpha value is -1.62. The maximum Gasteiger partial charge on any atom is 0.412 e. The molecule has 0 aromatic carbocycles. The lowest BCUT2D eigenvalue weighted by atomic mass is 10.0. The zero-order valence-electron chi connectivity index (χ0n) is 10.3. The summed E-state index contributed by atoms with van der Waals surface area (Å²) in [6, 6.07) is 1.73. The van der Waals surface area contributed by atoms with Gasteiger partial charge in [-0.05, 0) is 38.8 Å². The number of pyridine rings is 1. The van der Waals surface area contributed by atoms with E-state index in [1.165, 1.54) is 11.1 Å². The first-order chi connectivity index (χ1) is 7.88. The molecule has 1 amide bonds. The van der Waals surface area contributed by atoms with Crippen molar-refractivity contribution in [3.63, 3.8) is 0 Å². The Morgan fingerprint density at radius 1 is 1.47 bits per heavy atom. The minimum absolute atomic E-state index is 0.0192. The van der Waals surface area contributed by atoms with E-state index in [2.05, 4.69) is 4.98 Å². The Morgan fingerprint density at radius 2 is 2.12 bits per heavy atom. The third-order valence-electron chi connectivity index (χ3n) is 2.37. The molecule has 5 nitrogen and oxygen atoms in total. The molecule has 0 saturated heterocycles. The molecule has 0 fully saturated rings. The number of rotatable bonds is 3. The van der Waals surface area contributed by atoms with Gasteiger partial charge in [0.1, 0.15) is 0 Å². The molecule has 0 bridgehead atoms. The SMILES string of the molecule is CC(C)(C)N(C(=O)O)c1cnccc1CCO. The predicted molar refractivity (Wildman–Crippen MR) is 65.3 cm³/mol. The van der Waals surface area contributed by atoms with Crippen LogP contribution in [-0.4, -0.2) is 33.4 Å². The van der Waals surface area contributed by atoms with Crippen LogP contribution in [0.5, 0.6) is 0 Å². The van der Waals surface area contributed by atoms with Gasteiger partial charge in [-0.25, -0.2) is 4.79 Å². The van der Waals surface area contributed by atoms with E-state index in [1.807, 2.05) is 20.8 Å². The standard InChI is InChI=1S/C12H18N2O3/c1-12(2,3)14(11(16)17)10-8-13-6-4-9(10)5-7-15/h4,6,8,15H,5,7H2,1-3H3,(H,16,17). The number of amides is 1. The number of aliphatic hydroxyl groups excluding tert-OH is 1. The van der Waals surface area contributed by atoms with Gasteiger partial charge in [-0.15, -0.1) is 0 Å². The van der Waals surface area contributed by atoms with Crippen LogP contribution in [0.25, 0.3) is 0 Å². The smallest absolute Gasteiger partial charge is 0.412 e. The quantitative estimate of drug-likeness (QED) is 0.843. The van der Waals surface area contributed by atoms with Crippen LogP contribution >= 0.6 is 0 Å². The van der Waals surface area contributed by atoms with Crippen molar-refractivity contribution in [3.8, 4) is 0 Å². The number of hydrogen-bond donors (Lipinski definition) is 2. The highest BCUT2D eigenvalue weighted by molar-refractivity contribution is 5.88. The number of anilines is 1. The fourth-order valence-corrected chi connectivity index (χ4v) is 1.70. The van der Waals surface area contributed by atoms with Crippen molar-refractivity contribution in [2.24, 2.45) is 0 Å². The van der Waals surface area contributed by atoms with E-state index in [1.54, 1.807) is 12.3 Å². The van der Waals surface area contributed by atoms with Crippen LogP contribution in [-0.2, 0) is 6.42 Å². The molecular formula is C12H18N2O3. The molecule has 0 spiro atoms. The Labute approximate surface area is 101 Å². The predicted octanol–water partition coefficient (Wildman–Crippen LogP) is 1.90. The fraction of sp³-hybridized carbons (Fsp3) is 0.500. The van der Waals surface area contributed by atoms with E-state index in [4.69, 9.17) is 5.11 Å². The van der Waals surface area contributed by atoms with Crippen LogP contribution in [0.15, 0.2) is 18.5 Å². The number of nitrogens with zero attached hydrogens (tertiary/aromatic N) is 2. The first-order valence-electron chi connectivity index (χ1n) is 5.45. The van der Waals surface area contributed by atoms with Crippen LogP contribution in [0.3, 0.4) is 0 Å². The molecule has 0 atom stereocenters. The van der Waals surface area contributed by atoms with Crippen molar-refractivity contribution >= 4 is 11.8 Å². The highest BCUT2D eigenvalue weighted by Crippen LogP contribution is 2.27. The monoisotopic (exact) mass is 238 g/mol. The molecule has 1 heterocycles. The third-order valence-corrected chi connectivity index (χ3v) is 2.37. The van der Waals surface area contributed by atoms with Crippen LogP contribution in [0.4, 0.5) is 10.5 Å². The summed E-state index contributed by atoms with van der Waals surface area (Å²) >= 11 is 0. The van der Waals surface area contributed by atoms with Gasteiger partial charge >= 0.3 is 6.09 Å². The van der Waals surface area contributed by atoms with Gasteiger partial charge in [0, 0.05) is 18.3 Å². The topological polar surface area (TPSA) is 73.7 Å². The zero-order valence-corrected chi connectivity index (χ0v) is 10.3. The minimum Gasteiger partial charge on any atom is -0.465 e. The van der Waals surface area contributed by atoms with Crippen LogP contribution < -0.4 is 4.90 Å². The van der Waals surface area contributed by atoms with Gasteiger partial charge in [-0.1, -0.05) is 0 Å². The van der Waals surface area contributed by atoms with Gasteiger partial charge in [0.25, 0.3) is 0 Å². The van der Waals surface area contributed by atoms with E-state index in [-0.39, 0.29) is 6.61 Å². The normalized spacial score (nSPS) is 11.3. The summed E-state index contributed by atoms with van der Waals surface area (Å²) in [6.07, 6.45) is 2.50. The Bertz CT molecular complexity index is 399.